The number of pyridine rings is 1. The summed E-state index contributed by atoms with van der Waals surface area (Å²) in [6, 6.07) is 6.09. The van der Waals surface area contributed by atoms with Crippen LogP contribution in [0.2, 0.25) is 0 Å². The van der Waals surface area contributed by atoms with Crippen LogP contribution < -0.4 is 10.7 Å². The Hall–Kier alpha value is -2.36. The summed E-state index contributed by atoms with van der Waals surface area (Å²) in [5, 5.41) is 3.08. The summed E-state index contributed by atoms with van der Waals surface area (Å²) in [6.45, 7) is 12.8. The quantitative estimate of drug-likeness (QED) is 0.762. The summed E-state index contributed by atoms with van der Waals surface area (Å²) in [4.78, 5) is 26.3. The third kappa shape index (κ3) is 4.00. The zero-order chi connectivity index (χ0) is 20.1. The SMILES string of the molecule is CCCc1c(C(=O)Nc2c(CC)cccc2CC)c(=O)c(C)c(C)n1CC. The molecule has 4 nitrogen and oxygen atoms in total. The maximum atomic E-state index is 13.3. The van der Waals surface area contributed by atoms with Gasteiger partial charge in [-0.25, -0.2) is 0 Å². The lowest BCUT2D eigenvalue weighted by Crippen LogP contribution is -2.31. The maximum absolute atomic E-state index is 13.3. The molecule has 1 heterocycles. The Morgan fingerprint density at radius 3 is 2.11 bits per heavy atom. The molecule has 0 saturated heterocycles. The molecule has 2 rings (SSSR count). The summed E-state index contributed by atoms with van der Waals surface area (Å²) in [5.41, 5.74) is 5.65. The largest absolute Gasteiger partial charge is 0.348 e. The van der Waals surface area contributed by atoms with Gasteiger partial charge < -0.3 is 9.88 Å². The predicted molar refractivity (Wildman–Crippen MR) is 113 cm³/mol. The van der Waals surface area contributed by atoms with Gasteiger partial charge in [-0.1, -0.05) is 45.4 Å². The number of rotatable bonds is 7. The second kappa shape index (κ2) is 9.03. The van der Waals surface area contributed by atoms with Crippen molar-refractivity contribution >= 4 is 11.6 Å². The third-order valence-corrected chi connectivity index (χ3v) is 5.40. The molecule has 146 valence electrons. The minimum atomic E-state index is -0.288. The Kier molecular flexibility index (Phi) is 7.00. The number of carbonyl (C=O) groups is 1. The van der Waals surface area contributed by atoms with E-state index in [2.05, 4.69) is 37.6 Å². The maximum Gasteiger partial charge on any atom is 0.261 e. The van der Waals surface area contributed by atoms with E-state index in [-0.39, 0.29) is 11.3 Å². The minimum Gasteiger partial charge on any atom is -0.348 e. The fourth-order valence-corrected chi connectivity index (χ4v) is 3.76. The molecular weight excluding hydrogens is 336 g/mol. The highest BCUT2D eigenvalue weighted by molar-refractivity contribution is 6.06. The molecule has 0 radical (unpaired) electrons. The number of benzene rings is 1. The monoisotopic (exact) mass is 368 g/mol. The van der Waals surface area contributed by atoms with Gasteiger partial charge >= 0.3 is 0 Å². The van der Waals surface area contributed by atoms with Gasteiger partial charge in [-0.05, 0) is 51.2 Å². The number of para-hydroxylation sites is 1. The van der Waals surface area contributed by atoms with E-state index < -0.39 is 0 Å². The Morgan fingerprint density at radius 1 is 1.04 bits per heavy atom. The van der Waals surface area contributed by atoms with E-state index in [1.807, 2.05) is 32.0 Å². The molecular formula is C23H32N2O2. The van der Waals surface area contributed by atoms with Crippen LogP contribution in [0.25, 0.3) is 0 Å². The van der Waals surface area contributed by atoms with Crippen LogP contribution in [0.4, 0.5) is 5.69 Å². The first-order valence-corrected chi connectivity index (χ1v) is 10.1. The lowest BCUT2D eigenvalue weighted by Gasteiger charge is -2.21. The number of hydrogen-bond acceptors (Lipinski definition) is 2. The van der Waals surface area contributed by atoms with Crippen molar-refractivity contribution in [3.8, 4) is 0 Å². The van der Waals surface area contributed by atoms with Crippen molar-refractivity contribution in [1.82, 2.24) is 4.57 Å². The average molecular weight is 369 g/mol. The van der Waals surface area contributed by atoms with E-state index >= 15 is 0 Å². The fraction of sp³-hybridized carbons (Fsp3) is 0.478. The standard InChI is InChI=1S/C23H32N2O2/c1-7-12-19-20(22(26)15(5)16(6)25(19)10-4)23(27)24-21-17(8-2)13-11-14-18(21)9-3/h11,13-14H,7-10,12H2,1-6H3,(H,24,27). The summed E-state index contributed by atoms with van der Waals surface area (Å²) < 4.78 is 2.11. The van der Waals surface area contributed by atoms with Gasteiger partial charge in [0.1, 0.15) is 5.56 Å². The zero-order valence-electron chi connectivity index (χ0n) is 17.5. The number of carbonyl (C=O) groups excluding carboxylic acids is 1. The highest BCUT2D eigenvalue weighted by atomic mass is 16.2. The van der Waals surface area contributed by atoms with Crippen molar-refractivity contribution in [2.45, 2.75) is 73.8 Å². The number of anilines is 1. The first-order valence-electron chi connectivity index (χ1n) is 10.1. The zero-order valence-corrected chi connectivity index (χ0v) is 17.5. The molecule has 0 unspecified atom stereocenters. The van der Waals surface area contributed by atoms with Crippen molar-refractivity contribution in [2.75, 3.05) is 5.32 Å². The van der Waals surface area contributed by atoms with Gasteiger partial charge in [-0.3, -0.25) is 9.59 Å². The Balaban J connectivity index is 2.64. The van der Waals surface area contributed by atoms with E-state index in [1.54, 1.807) is 0 Å². The molecule has 1 aromatic carbocycles. The van der Waals surface area contributed by atoms with E-state index in [0.29, 0.717) is 17.5 Å². The number of nitrogens with zero attached hydrogens (tertiary/aromatic N) is 1. The Bertz CT molecular complexity index is 872. The lowest BCUT2D eigenvalue weighted by atomic mass is 10.0. The molecule has 27 heavy (non-hydrogen) atoms. The van der Waals surface area contributed by atoms with Gasteiger partial charge in [-0.15, -0.1) is 0 Å². The van der Waals surface area contributed by atoms with Gasteiger partial charge in [0.05, 0.1) is 0 Å². The molecule has 0 spiro atoms. The van der Waals surface area contributed by atoms with Crippen LogP contribution in [-0.2, 0) is 25.8 Å². The molecule has 1 amide bonds. The highest BCUT2D eigenvalue weighted by Gasteiger charge is 2.23. The molecule has 4 heteroatoms. The van der Waals surface area contributed by atoms with Gasteiger partial charge in [0.2, 0.25) is 0 Å². The van der Waals surface area contributed by atoms with Crippen molar-refractivity contribution in [3.63, 3.8) is 0 Å². The topological polar surface area (TPSA) is 51.1 Å². The van der Waals surface area contributed by atoms with Crippen molar-refractivity contribution in [2.24, 2.45) is 0 Å². The molecule has 0 aliphatic heterocycles. The second-order valence-electron chi connectivity index (χ2n) is 6.97. The molecule has 1 N–H and O–H groups in total. The summed E-state index contributed by atoms with van der Waals surface area (Å²) in [5.74, 6) is -0.288. The molecule has 1 aromatic heterocycles. The van der Waals surface area contributed by atoms with Crippen LogP contribution in [0, 0.1) is 13.8 Å². The van der Waals surface area contributed by atoms with Gasteiger partial charge in [0.15, 0.2) is 5.43 Å². The van der Waals surface area contributed by atoms with Crippen molar-refractivity contribution in [1.29, 1.82) is 0 Å². The normalized spacial score (nSPS) is 10.9. The van der Waals surface area contributed by atoms with Crippen LogP contribution in [0.3, 0.4) is 0 Å². The summed E-state index contributed by atoms with van der Waals surface area (Å²) >= 11 is 0. The fourth-order valence-electron chi connectivity index (χ4n) is 3.76. The molecule has 0 aliphatic carbocycles. The van der Waals surface area contributed by atoms with Crippen LogP contribution in [0.5, 0.6) is 0 Å². The molecule has 2 aromatic rings. The van der Waals surface area contributed by atoms with Gasteiger partial charge in [0.25, 0.3) is 5.91 Å². The Morgan fingerprint density at radius 2 is 1.63 bits per heavy atom. The van der Waals surface area contributed by atoms with E-state index in [4.69, 9.17) is 0 Å². The highest BCUT2D eigenvalue weighted by Crippen LogP contribution is 2.24. The third-order valence-electron chi connectivity index (χ3n) is 5.40. The summed E-state index contributed by atoms with van der Waals surface area (Å²) in [6.07, 6.45) is 3.26. The average Bonchev–Trinajstić information content (AvgIpc) is 2.67. The predicted octanol–water partition coefficient (Wildman–Crippen LogP) is 4.81. The molecule has 0 aliphatic rings. The number of nitrogens with one attached hydrogen (secondary N) is 1. The number of aryl methyl sites for hydroxylation is 2. The molecule has 0 saturated carbocycles. The first-order chi connectivity index (χ1) is 12.9. The van der Waals surface area contributed by atoms with Crippen LogP contribution >= 0.6 is 0 Å². The van der Waals surface area contributed by atoms with Crippen molar-refractivity contribution in [3.05, 3.63) is 62.1 Å². The molecule has 0 atom stereocenters. The first kappa shape index (κ1) is 20.9. The summed E-state index contributed by atoms with van der Waals surface area (Å²) in [7, 11) is 0. The van der Waals surface area contributed by atoms with Crippen molar-refractivity contribution < 1.29 is 4.79 Å². The number of amides is 1. The minimum absolute atomic E-state index is 0.148. The Labute approximate surface area is 162 Å². The second-order valence-corrected chi connectivity index (χ2v) is 6.97. The van der Waals surface area contributed by atoms with Crippen LogP contribution in [0.15, 0.2) is 23.0 Å². The van der Waals surface area contributed by atoms with Crippen LogP contribution in [-0.4, -0.2) is 10.5 Å². The van der Waals surface area contributed by atoms with E-state index in [9.17, 15) is 9.59 Å². The van der Waals surface area contributed by atoms with E-state index in [1.165, 1.54) is 0 Å². The number of hydrogen-bond donors (Lipinski definition) is 1. The molecule has 0 bridgehead atoms. The van der Waals surface area contributed by atoms with Gasteiger partial charge in [0, 0.05) is 29.2 Å². The smallest absolute Gasteiger partial charge is 0.261 e. The van der Waals surface area contributed by atoms with Crippen LogP contribution in [0.1, 0.15) is 72.6 Å². The van der Waals surface area contributed by atoms with Gasteiger partial charge in [-0.2, -0.15) is 0 Å². The van der Waals surface area contributed by atoms with E-state index in [0.717, 1.165) is 54.0 Å². The number of aromatic nitrogens is 1. The molecule has 0 fully saturated rings. The lowest BCUT2D eigenvalue weighted by molar-refractivity contribution is 0.102.